The Morgan fingerprint density at radius 1 is 0.322 bits per heavy atom. The van der Waals surface area contributed by atoms with Gasteiger partial charge in [0.15, 0.2) is 0 Å². The molecule has 0 aromatic heterocycles. The van der Waals surface area contributed by atoms with E-state index >= 15 is 0 Å². The molecule has 13 saturated carbocycles. The van der Waals surface area contributed by atoms with Crippen molar-refractivity contribution in [3.63, 3.8) is 0 Å². The number of esters is 8. The maximum Gasteiger partial charge on any atom is 0.338 e. The molecule has 0 N–H and O–H groups in total. The predicted octanol–water partition coefficient (Wildman–Crippen LogP) is 22.8. The molecule has 0 aliphatic heterocycles. The van der Waals surface area contributed by atoms with E-state index in [1.54, 1.807) is 55.5 Å². The lowest BCUT2D eigenvalue weighted by atomic mass is 9.61. The summed E-state index contributed by atoms with van der Waals surface area (Å²) < 4.78 is 47.1. The molecule has 8 bridgehead atoms. The molecule has 15 rings (SSSR count). The van der Waals surface area contributed by atoms with Crippen molar-refractivity contribution in [1.82, 2.24) is 0 Å². The molecule has 24 unspecified atom stereocenters. The van der Waals surface area contributed by atoms with Gasteiger partial charge in [0.1, 0.15) is 0 Å². The Labute approximate surface area is 724 Å². The molecule has 16 nitrogen and oxygen atoms in total. The fourth-order valence-corrected chi connectivity index (χ4v) is 29.6. The van der Waals surface area contributed by atoms with Crippen LogP contribution in [-0.2, 0) is 57.1 Å². The molecule has 0 heterocycles. The molecule has 121 heavy (non-hydrogen) atoms. The summed E-state index contributed by atoms with van der Waals surface area (Å²) in [7, 11) is 0. The molecule has 13 aliphatic carbocycles. The fraction of sp³-hybridized carbons (Fsp3) is 0.771. The second-order valence-electron chi connectivity index (χ2n) is 42.2. The zero-order valence-corrected chi connectivity index (χ0v) is 74.2. The van der Waals surface area contributed by atoms with Crippen LogP contribution in [0.5, 0.6) is 0 Å². The van der Waals surface area contributed by atoms with Crippen molar-refractivity contribution < 1.29 is 76.3 Å². The van der Waals surface area contributed by atoms with Gasteiger partial charge in [-0.05, 0) is 350 Å². The Morgan fingerprint density at radius 2 is 0.620 bits per heavy atom. The largest absolute Gasteiger partial charge is 0.465 e. The number of unbranched alkanes of at least 4 members (excludes halogenated alkanes) is 14. The van der Waals surface area contributed by atoms with E-state index in [4.69, 9.17) is 37.9 Å². The van der Waals surface area contributed by atoms with Gasteiger partial charge in [-0.2, -0.15) is 0 Å². The molecule has 0 saturated heterocycles. The number of carbonyl (C=O) groups is 8. The number of ether oxygens (including phenoxy) is 8. The molecule has 0 amide bonds. The zero-order valence-electron chi connectivity index (χ0n) is 74.2. The van der Waals surface area contributed by atoms with Crippen LogP contribution in [-0.4, -0.2) is 101 Å². The monoisotopic (exact) mass is 1670 g/mol. The maximum absolute atomic E-state index is 13.5. The Morgan fingerprint density at radius 3 is 0.975 bits per heavy atom. The van der Waals surface area contributed by atoms with Gasteiger partial charge in [0.05, 0.1) is 75.1 Å². The van der Waals surface area contributed by atoms with Crippen molar-refractivity contribution in [2.24, 2.45) is 166 Å². The quantitative estimate of drug-likeness (QED) is 0.0261. The standard InChI is InChI=1S/C105H150O16/c1-6-9-11-13-14-20-28-71-38-37-70(27-19-12-10-7-2)84(33-21-15-17-23-35-99(107)115-61-80-49-76-53-90(80)95-45-68(41-88(76)95)59-118-102(110)72-29-25-31-74(47-72)104(112)120-63-82-51-78-55-92(82)94-43-66(39-86(78)94)57-114-98(106)8-3)85(71)34-22-16-18-24-36-100(108)116-62-81-50-77-54-91(81)96-46-69(42-89(77)96)60-119-103(111)73-30-26-32-75(48-73)105(113)121-64-83-52-79-56-93(83)97-44-67(40-87(79)97)58-117-101(109)65(4)5/h8,25-26,29-32,47-48,66-71,76-97H,3-4,6-7,9-24,27-28,33-46,49-64H2,1-2,5H3/t66?,67?,68?,69?,70?,71?,76?,77?,78?,79?,80?,81?,82?,83?,84?,85?,86-,87-,88?,89?,90?,91?,92?,93?,94-,95?,96?,97-/m0/s1. The van der Waals surface area contributed by atoms with Crippen molar-refractivity contribution in [3.8, 4) is 0 Å². The third-order valence-electron chi connectivity index (χ3n) is 34.9. The molecular formula is C105H150O16. The van der Waals surface area contributed by atoms with E-state index in [2.05, 4.69) is 27.0 Å². The molecule has 0 radical (unpaired) electrons. The van der Waals surface area contributed by atoms with Gasteiger partial charge in [-0.25, -0.2) is 28.8 Å². The van der Waals surface area contributed by atoms with Gasteiger partial charge in [0.25, 0.3) is 0 Å². The Balaban J connectivity index is 0.440. The van der Waals surface area contributed by atoms with Gasteiger partial charge in [0, 0.05) is 24.5 Å². The van der Waals surface area contributed by atoms with Gasteiger partial charge in [0.2, 0.25) is 0 Å². The van der Waals surface area contributed by atoms with Crippen molar-refractivity contribution in [3.05, 3.63) is 95.6 Å². The van der Waals surface area contributed by atoms with Crippen LogP contribution in [0.3, 0.4) is 0 Å². The first-order valence-electron chi connectivity index (χ1n) is 49.8. The zero-order chi connectivity index (χ0) is 84.0. The van der Waals surface area contributed by atoms with E-state index in [-0.39, 0.29) is 23.9 Å². The van der Waals surface area contributed by atoms with Crippen molar-refractivity contribution >= 4 is 47.8 Å². The first kappa shape index (κ1) is 89.5. The summed E-state index contributed by atoms with van der Waals surface area (Å²) >= 11 is 0. The number of benzene rings is 2. The molecule has 28 atom stereocenters. The van der Waals surface area contributed by atoms with Crippen LogP contribution < -0.4 is 0 Å². The van der Waals surface area contributed by atoms with Crippen molar-refractivity contribution in [1.29, 1.82) is 0 Å². The maximum atomic E-state index is 13.5. The summed E-state index contributed by atoms with van der Waals surface area (Å²) in [6.07, 6.45) is 50.2. The fourth-order valence-electron chi connectivity index (χ4n) is 29.6. The number of hydrogen-bond donors (Lipinski definition) is 0. The van der Waals surface area contributed by atoms with Gasteiger partial charge in [-0.1, -0.05) is 155 Å². The van der Waals surface area contributed by atoms with E-state index < -0.39 is 23.9 Å². The number of fused-ring (bicyclic) bond motifs is 20. The summed E-state index contributed by atoms with van der Waals surface area (Å²) in [5, 5.41) is 0. The minimum Gasteiger partial charge on any atom is -0.465 e. The first-order chi connectivity index (χ1) is 58.9. The highest BCUT2D eigenvalue weighted by Gasteiger charge is 2.60. The van der Waals surface area contributed by atoms with Crippen molar-refractivity contribution in [2.75, 3.05) is 52.9 Å². The molecule has 16 heteroatoms. The normalized spacial score (nSPS) is 35.0. The molecule has 0 spiro atoms. The van der Waals surface area contributed by atoms with Gasteiger partial charge >= 0.3 is 47.8 Å². The van der Waals surface area contributed by atoms with Crippen LogP contribution >= 0.6 is 0 Å². The Bertz CT molecular complexity index is 3840. The minimum atomic E-state index is -0.401. The average Bonchev–Trinajstić information content (AvgIpc) is 1.61. The molecular weight excluding hydrogens is 1520 g/mol. The van der Waals surface area contributed by atoms with Crippen LogP contribution in [0.25, 0.3) is 0 Å². The van der Waals surface area contributed by atoms with Gasteiger partial charge in [-0.15, -0.1) is 0 Å². The number of hydrogen-bond acceptors (Lipinski definition) is 16. The van der Waals surface area contributed by atoms with E-state index in [1.165, 1.54) is 160 Å². The third kappa shape index (κ3) is 22.2. The van der Waals surface area contributed by atoms with Crippen LogP contribution in [0.2, 0.25) is 0 Å². The smallest absolute Gasteiger partial charge is 0.338 e. The summed E-state index contributed by atoms with van der Waals surface area (Å²) in [4.78, 5) is 105. The summed E-state index contributed by atoms with van der Waals surface area (Å²) in [6, 6.07) is 13.6. The predicted molar refractivity (Wildman–Crippen MR) is 466 cm³/mol. The molecule has 2 aromatic carbocycles. The SMILES string of the molecule is C=CC(=O)OCC1C[C@@H]2C3CC(CC3COC(=O)c3cccc(C(=O)OCC4CC5C6CC(COC(=O)CCCCCCC7C(CCCCCC)CCC(CCCCCCCC)C7CCCCCCC(=O)OCC7CC8CC7C7CC(COC(=O)c9cccc(C(=O)OCC%10CC%11CC%10[C@H]%10CC(COC(=O)C(=C)C)C[C@@H]%11%10)c9)CC87)C(C6)C5C4)c3)[C@@H]2C1. The highest BCUT2D eigenvalue weighted by molar-refractivity contribution is 5.96. The summed E-state index contributed by atoms with van der Waals surface area (Å²) in [5.74, 6) is 13.5. The molecule has 13 aliphatic rings. The first-order valence-corrected chi connectivity index (χ1v) is 49.8. The lowest BCUT2D eigenvalue weighted by Crippen LogP contribution is -2.35. The van der Waals surface area contributed by atoms with E-state index in [0.717, 1.165) is 126 Å². The van der Waals surface area contributed by atoms with Crippen LogP contribution in [0.4, 0.5) is 0 Å². The van der Waals surface area contributed by atoms with Crippen molar-refractivity contribution in [2.45, 2.75) is 290 Å². The second-order valence-corrected chi connectivity index (χ2v) is 42.2. The Kier molecular flexibility index (Phi) is 31.6. The number of carbonyl (C=O) groups excluding carboxylic acids is 8. The minimum absolute atomic E-state index is 0.0369. The Hall–Kier alpha value is -6.32. The summed E-state index contributed by atoms with van der Waals surface area (Å²) in [6.45, 7) is 17.1. The molecule has 13 fully saturated rings. The number of rotatable bonds is 48. The van der Waals surface area contributed by atoms with Gasteiger partial charge < -0.3 is 37.9 Å². The van der Waals surface area contributed by atoms with E-state index in [1.807, 2.05) is 0 Å². The van der Waals surface area contributed by atoms with E-state index in [0.29, 0.717) is 236 Å². The molecule has 666 valence electrons. The second kappa shape index (κ2) is 42.8. The average molecular weight is 1670 g/mol. The highest BCUT2D eigenvalue weighted by Crippen LogP contribution is 2.66. The van der Waals surface area contributed by atoms with Crippen LogP contribution in [0, 0.1) is 166 Å². The molecule has 2 aromatic rings. The highest BCUT2D eigenvalue weighted by atomic mass is 16.6. The van der Waals surface area contributed by atoms with Crippen LogP contribution in [0.1, 0.15) is 332 Å². The van der Waals surface area contributed by atoms with E-state index in [9.17, 15) is 38.4 Å². The lowest BCUT2D eigenvalue weighted by molar-refractivity contribution is -0.147. The summed E-state index contributed by atoms with van der Waals surface area (Å²) in [5.41, 5.74) is 1.92. The third-order valence-corrected chi connectivity index (χ3v) is 34.9. The lowest BCUT2D eigenvalue weighted by Gasteiger charge is -2.44. The van der Waals surface area contributed by atoms with Gasteiger partial charge in [-0.3, -0.25) is 9.59 Å². The topological polar surface area (TPSA) is 210 Å². The van der Waals surface area contributed by atoms with Crippen LogP contribution in [0.15, 0.2) is 73.3 Å².